The molecule has 0 unspecified atom stereocenters. The number of benzene rings is 1. The molecule has 0 saturated carbocycles. The summed E-state index contributed by atoms with van der Waals surface area (Å²) in [7, 11) is 1.55. The van der Waals surface area contributed by atoms with Gasteiger partial charge in [0.05, 0.1) is 12.3 Å². The van der Waals surface area contributed by atoms with Gasteiger partial charge >= 0.3 is 0 Å². The molecule has 22 heavy (non-hydrogen) atoms. The van der Waals surface area contributed by atoms with Crippen LogP contribution < -0.4 is 15.8 Å². The number of nitrogens with one attached hydrogen (secondary N) is 1. The van der Waals surface area contributed by atoms with Crippen molar-refractivity contribution < 1.29 is 18.7 Å². The Balaban J connectivity index is 2.07. The number of nitrogens with two attached hydrogens (primary N) is 1. The van der Waals surface area contributed by atoms with E-state index in [2.05, 4.69) is 10.3 Å². The maximum absolute atomic E-state index is 13.4. The number of pyridine rings is 1. The van der Waals surface area contributed by atoms with Gasteiger partial charge in [-0.1, -0.05) is 0 Å². The van der Waals surface area contributed by atoms with Crippen molar-refractivity contribution in [3.05, 3.63) is 48.0 Å². The zero-order valence-electron chi connectivity index (χ0n) is 12.0. The van der Waals surface area contributed by atoms with E-state index < -0.39 is 5.82 Å². The van der Waals surface area contributed by atoms with E-state index in [0.717, 1.165) is 0 Å². The first-order chi connectivity index (χ1) is 10.6. The lowest BCUT2D eigenvalue weighted by Gasteiger charge is -2.08. The molecule has 1 amide bonds. The molecule has 7 heteroatoms. The Morgan fingerprint density at radius 2 is 2.09 bits per heavy atom. The van der Waals surface area contributed by atoms with Gasteiger partial charge in [-0.25, -0.2) is 4.39 Å². The number of ether oxygens (including phenoxy) is 2. The van der Waals surface area contributed by atoms with Crippen LogP contribution in [0.25, 0.3) is 0 Å². The highest BCUT2D eigenvalue weighted by atomic mass is 19.1. The maximum Gasteiger partial charge on any atom is 0.270 e. The fraction of sp³-hybridized carbons (Fsp3) is 0.200. The van der Waals surface area contributed by atoms with E-state index in [9.17, 15) is 9.18 Å². The third-order valence-corrected chi connectivity index (χ3v) is 2.76. The molecule has 0 fully saturated rings. The van der Waals surface area contributed by atoms with Crippen LogP contribution in [-0.4, -0.2) is 31.2 Å². The lowest BCUT2D eigenvalue weighted by Crippen LogP contribution is -2.27. The van der Waals surface area contributed by atoms with Crippen molar-refractivity contribution in [3.63, 3.8) is 0 Å². The first kappa shape index (κ1) is 15.7. The van der Waals surface area contributed by atoms with E-state index in [0.29, 0.717) is 18.9 Å². The van der Waals surface area contributed by atoms with Crippen LogP contribution in [0, 0.1) is 5.82 Å². The molecular weight excluding hydrogens is 289 g/mol. The molecule has 1 aromatic heterocycles. The summed E-state index contributed by atoms with van der Waals surface area (Å²) in [6.07, 6.45) is 1.44. The number of carbonyl (C=O) groups is 1. The number of hydrogen-bond donors (Lipinski definition) is 2. The highest BCUT2D eigenvalue weighted by Gasteiger charge is 2.09. The second kappa shape index (κ2) is 7.37. The van der Waals surface area contributed by atoms with Gasteiger partial charge < -0.3 is 20.5 Å². The van der Waals surface area contributed by atoms with Gasteiger partial charge in [-0.15, -0.1) is 0 Å². The molecule has 2 rings (SSSR count). The van der Waals surface area contributed by atoms with Crippen molar-refractivity contribution in [1.82, 2.24) is 10.3 Å². The summed E-state index contributed by atoms with van der Waals surface area (Å²) in [4.78, 5) is 15.8. The summed E-state index contributed by atoms with van der Waals surface area (Å²) in [5.41, 5.74) is 5.64. The zero-order chi connectivity index (χ0) is 15.9. The predicted octanol–water partition coefficient (Wildman–Crippen LogP) is 1.97. The Bertz CT molecular complexity index is 664. The highest BCUT2D eigenvalue weighted by molar-refractivity contribution is 5.92. The molecule has 1 heterocycles. The van der Waals surface area contributed by atoms with Gasteiger partial charge in [0.25, 0.3) is 5.91 Å². The molecule has 0 aliphatic heterocycles. The van der Waals surface area contributed by atoms with E-state index in [4.69, 9.17) is 15.2 Å². The molecule has 0 spiro atoms. The minimum atomic E-state index is -0.566. The number of hydrogen-bond acceptors (Lipinski definition) is 5. The van der Waals surface area contributed by atoms with Crippen LogP contribution in [0.5, 0.6) is 11.5 Å². The normalized spacial score (nSPS) is 10.3. The minimum Gasteiger partial charge on any atom is -0.457 e. The van der Waals surface area contributed by atoms with Crippen LogP contribution in [0.15, 0.2) is 36.5 Å². The molecule has 0 radical (unpaired) electrons. The van der Waals surface area contributed by atoms with E-state index in [1.807, 2.05) is 0 Å². The lowest BCUT2D eigenvalue weighted by molar-refractivity contribution is 0.0932. The van der Waals surface area contributed by atoms with Crippen LogP contribution in [0.4, 0.5) is 10.1 Å². The molecule has 0 saturated heterocycles. The number of carbonyl (C=O) groups excluding carboxylic acids is 1. The van der Waals surface area contributed by atoms with Gasteiger partial charge in [0.15, 0.2) is 0 Å². The number of methoxy groups -OCH3 is 1. The number of amides is 1. The van der Waals surface area contributed by atoms with Gasteiger partial charge in [-0.2, -0.15) is 0 Å². The Hall–Kier alpha value is -2.67. The van der Waals surface area contributed by atoms with Gasteiger partial charge in [-0.3, -0.25) is 9.78 Å². The van der Waals surface area contributed by atoms with Crippen molar-refractivity contribution in [2.75, 3.05) is 26.0 Å². The first-order valence-corrected chi connectivity index (χ1v) is 6.56. The SMILES string of the molecule is COCCNC(=O)c1cc(Oc2ccc(N)c(F)c2)ccn1. The third kappa shape index (κ3) is 4.16. The Kier molecular flexibility index (Phi) is 5.26. The fourth-order valence-electron chi connectivity index (χ4n) is 1.66. The number of anilines is 1. The summed E-state index contributed by atoms with van der Waals surface area (Å²) in [5, 5.41) is 2.65. The molecule has 0 bridgehead atoms. The molecule has 0 aliphatic rings. The zero-order valence-corrected chi connectivity index (χ0v) is 12.0. The molecule has 3 N–H and O–H groups in total. The fourth-order valence-corrected chi connectivity index (χ4v) is 1.66. The molecular formula is C15H16FN3O3. The Morgan fingerprint density at radius 1 is 1.32 bits per heavy atom. The van der Waals surface area contributed by atoms with Crippen LogP contribution in [0.2, 0.25) is 0 Å². The topological polar surface area (TPSA) is 86.5 Å². The van der Waals surface area contributed by atoms with Crippen LogP contribution in [0.3, 0.4) is 0 Å². The average molecular weight is 305 g/mol. The Morgan fingerprint density at radius 3 is 2.82 bits per heavy atom. The number of rotatable bonds is 6. The van der Waals surface area contributed by atoms with E-state index in [1.54, 1.807) is 13.2 Å². The van der Waals surface area contributed by atoms with Crippen molar-refractivity contribution in [2.24, 2.45) is 0 Å². The second-order valence-electron chi connectivity index (χ2n) is 4.41. The summed E-state index contributed by atoms with van der Waals surface area (Å²) < 4.78 is 23.7. The minimum absolute atomic E-state index is 0.0419. The summed E-state index contributed by atoms with van der Waals surface area (Å²) >= 11 is 0. The summed E-state index contributed by atoms with van der Waals surface area (Å²) in [6.45, 7) is 0.790. The van der Waals surface area contributed by atoms with Crippen LogP contribution >= 0.6 is 0 Å². The van der Waals surface area contributed by atoms with Crippen LogP contribution in [-0.2, 0) is 4.74 Å². The lowest BCUT2D eigenvalue weighted by atomic mass is 10.3. The van der Waals surface area contributed by atoms with E-state index in [1.165, 1.54) is 30.5 Å². The van der Waals surface area contributed by atoms with Crippen molar-refractivity contribution in [3.8, 4) is 11.5 Å². The quantitative estimate of drug-likeness (QED) is 0.629. The van der Waals surface area contributed by atoms with Gasteiger partial charge in [0, 0.05) is 32.0 Å². The second-order valence-corrected chi connectivity index (χ2v) is 4.41. The molecule has 2 aromatic rings. The summed E-state index contributed by atoms with van der Waals surface area (Å²) in [6, 6.07) is 7.16. The number of nitrogen functional groups attached to an aromatic ring is 1. The average Bonchev–Trinajstić information content (AvgIpc) is 2.51. The van der Waals surface area contributed by atoms with Gasteiger partial charge in [0.2, 0.25) is 0 Å². The molecule has 0 atom stereocenters. The van der Waals surface area contributed by atoms with Crippen molar-refractivity contribution in [1.29, 1.82) is 0 Å². The molecule has 0 aliphatic carbocycles. The molecule has 1 aromatic carbocycles. The smallest absolute Gasteiger partial charge is 0.270 e. The Labute approximate surface area is 127 Å². The molecule has 6 nitrogen and oxygen atoms in total. The number of aromatic nitrogens is 1. The standard InChI is InChI=1S/C15H16FN3O3/c1-21-7-6-19-15(20)14-9-11(4-5-18-14)22-10-2-3-13(17)12(16)8-10/h2-5,8-9H,6-7,17H2,1H3,(H,19,20). The third-order valence-electron chi connectivity index (χ3n) is 2.76. The van der Waals surface area contributed by atoms with Crippen molar-refractivity contribution >= 4 is 11.6 Å². The van der Waals surface area contributed by atoms with E-state index >= 15 is 0 Å². The maximum atomic E-state index is 13.4. The number of halogens is 1. The van der Waals surface area contributed by atoms with E-state index in [-0.39, 0.29) is 23.0 Å². The number of nitrogens with zero attached hydrogens (tertiary/aromatic N) is 1. The summed E-state index contributed by atoms with van der Waals surface area (Å²) in [5.74, 6) is -0.255. The molecule has 116 valence electrons. The van der Waals surface area contributed by atoms with Crippen LogP contribution in [0.1, 0.15) is 10.5 Å². The highest BCUT2D eigenvalue weighted by Crippen LogP contribution is 2.24. The van der Waals surface area contributed by atoms with Gasteiger partial charge in [0.1, 0.15) is 23.0 Å². The first-order valence-electron chi connectivity index (χ1n) is 6.56. The van der Waals surface area contributed by atoms with Gasteiger partial charge in [-0.05, 0) is 18.2 Å². The van der Waals surface area contributed by atoms with Crippen molar-refractivity contribution in [2.45, 2.75) is 0 Å². The largest absolute Gasteiger partial charge is 0.457 e. The predicted molar refractivity (Wildman–Crippen MR) is 79.3 cm³/mol. The monoisotopic (exact) mass is 305 g/mol.